The van der Waals surface area contributed by atoms with Gasteiger partial charge in [-0.1, -0.05) is 0 Å². The Hall–Kier alpha value is -1.27. The molecule has 0 spiro atoms. The fourth-order valence-electron chi connectivity index (χ4n) is 2.53. The molecule has 3 nitrogen and oxygen atoms in total. The Bertz CT molecular complexity index is 667. The molecule has 0 saturated heterocycles. The maximum atomic E-state index is 14.3. The molecule has 1 aromatic carbocycles. The van der Waals surface area contributed by atoms with Gasteiger partial charge in [0.1, 0.15) is 11.6 Å². The van der Waals surface area contributed by atoms with Crippen molar-refractivity contribution in [3.63, 3.8) is 0 Å². The van der Waals surface area contributed by atoms with Crippen LogP contribution >= 0.6 is 15.9 Å². The van der Waals surface area contributed by atoms with Gasteiger partial charge >= 0.3 is 0 Å². The largest absolute Gasteiger partial charge is 0.313 e. The van der Waals surface area contributed by atoms with E-state index in [1.807, 2.05) is 20.9 Å². The third-order valence-corrected chi connectivity index (χ3v) is 4.46. The summed E-state index contributed by atoms with van der Waals surface area (Å²) < 4.78 is 30.4. The molecule has 0 aliphatic rings. The summed E-state index contributed by atoms with van der Waals surface area (Å²) in [6, 6.07) is 2.20. The molecule has 0 saturated carbocycles. The standard InChI is InChI=1S/C15H18BrF2N3/c1-8-10(9(2)21(4)20-8)7-13(19-3)14-12(17)6-5-11(16)15(14)18/h5-6,13,19H,7H2,1-4H3. The number of nitrogens with zero attached hydrogens (tertiary/aromatic N) is 2. The number of nitrogens with one attached hydrogen (secondary N) is 1. The van der Waals surface area contributed by atoms with Crippen LogP contribution in [0, 0.1) is 25.5 Å². The lowest BCUT2D eigenvalue weighted by atomic mass is 9.97. The van der Waals surface area contributed by atoms with Crippen molar-refractivity contribution in [2.75, 3.05) is 7.05 Å². The highest BCUT2D eigenvalue weighted by Gasteiger charge is 2.23. The van der Waals surface area contributed by atoms with E-state index in [2.05, 4.69) is 26.3 Å². The van der Waals surface area contributed by atoms with Crippen LogP contribution in [0.15, 0.2) is 16.6 Å². The van der Waals surface area contributed by atoms with Crippen molar-refractivity contribution in [3.8, 4) is 0 Å². The van der Waals surface area contributed by atoms with E-state index in [-0.39, 0.29) is 10.0 Å². The van der Waals surface area contributed by atoms with Gasteiger partial charge in [0.25, 0.3) is 0 Å². The van der Waals surface area contributed by atoms with Crippen LogP contribution in [0.2, 0.25) is 0 Å². The molecule has 1 atom stereocenters. The summed E-state index contributed by atoms with van der Waals surface area (Å²) in [5, 5.41) is 7.35. The molecule has 2 aromatic rings. The molecular weight excluding hydrogens is 340 g/mol. The summed E-state index contributed by atoms with van der Waals surface area (Å²) >= 11 is 3.11. The molecule has 0 amide bonds. The van der Waals surface area contributed by atoms with Gasteiger partial charge in [0, 0.05) is 24.3 Å². The molecule has 21 heavy (non-hydrogen) atoms. The van der Waals surface area contributed by atoms with E-state index in [4.69, 9.17) is 0 Å². The van der Waals surface area contributed by atoms with Crippen molar-refractivity contribution in [2.24, 2.45) is 7.05 Å². The van der Waals surface area contributed by atoms with Crippen molar-refractivity contribution >= 4 is 15.9 Å². The molecule has 0 radical (unpaired) electrons. The Labute approximate surface area is 131 Å². The number of rotatable bonds is 4. The monoisotopic (exact) mass is 357 g/mol. The Kier molecular flexibility index (Phi) is 4.78. The van der Waals surface area contributed by atoms with Crippen molar-refractivity contribution in [3.05, 3.63) is 50.8 Å². The molecule has 1 heterocycles. The topological polar surface area (TPSA) is 29.9 Å². The smallest absolute Gasteiger partial charge is 0.145 e. The SMILES string of the molecule is CNC(Cc1c(C)nn(C)c1C)c1c(F)ccc(Br)c1F. The maximum Gasteiger partial charge on any atom is 0.145 e. The van der Waals surface area contributed by atoms with Crippen LogP contribution in [0.4, 0.5) is 8.78 Å². The summed E-state index contributed by atoms with van der Waals surface area (Å²) in [6.45, 7) is 3.86. The number of aryl methyl sites for hydroxylation is 2. The molecule has 6 heteroatoms. The zero-order valence-electron chi connectivity index (χ0n) is 12.5. The second-order valence-electron chi connectivity index (χ2n) is 5.08. The average Bonchev–Trinajstić information content (AvgIpc) is 2.68. The number of benzene rings is 1. The highest BCUT2D eigenvalue weighted by Crippen LogP contribution is 2.30. The lowest BCUT2D eigenvalue weighted by Gasteiger charge is -2.19. The molecule has 1 unspecified atom stereocenters. The zero-order valence-corrected chi connectivity index (χ0v) is 14.1. The Morgan fingerprint density at radius 1 is 1.33 bits per heavy atom. The number of hydrogen-bond donors (Lipinski definition) is 1. The van der Waals surface area contributed by atoms with Gasteiger partial charge in [-0.15, -0.1) is 0 Å². The predicted molar refractivity (Wildman–Crippen MR) is 82.2 cm³/mol. The first-order chi connectivity index (χ1) is 9.86. The molecule has 114 valence electrons. The highest BCUT2D eigenvalue weighted by atomic mass is 79.9. The van der Waals surface area contributed by atoms with E-state index in [1.165, 1.54) is 12.1 Å². The Morgan fingerprint density at radius 2 is 2.00 bits per heavy atom. The maximum absolute atomic E-state index is 14.3. The normalized spacial score (nSPS) is 12.7. The van der Waals surface area contributed by atoms with Gasteiger partial charge in [-0.25, -0.2) is 8.78 Å². The lowest BCUT2D eigenvalue weighted by molar-refractivity contribution is 0.485. The third kappa shape index (κ3) is 3.01. The quantitative estimate of drug-likeness (QED) is 0.847. The van der Waals surface area contributed by atoms with Gasteiger partial charge in [0.2, 0.25) is 0 Å². The molecule has 1 N–H and O–H groups in total. The summed E-state index contributed by atoms with van der Waals surface area (Å²) in [7, 11) is 3.56. The van der Waals surface area contributed by atoms with Gasteiger partial charge in [-0.2, -0.15) is 5.10 Å². The van der Waals surface area contributed by atoms with E-state index < -0.39 is 17.7 Å². The van der Waals surface area contributed by atoms with Crippen molar-refractivity contribution in [2.45, 2.75) is 26.3 Å². The molecule has 0 aliphatic heterocycles. The second-order valence-corrected chi connectivity index (χ2v) is 5.93. The predicted octanol–water partition coefficient (Wildman–Crippen LogP) is 3.58. The Balaban J connectivity index is 2.44. The van der Waals surface area contributed by atoms with Gasteiger partial charge in [-0.05, 0) is 60.9 Å². The second kappa shape index (κ2) is 6.23. The minimum absolute atomic E-state index is 0.0505. The van der Waals surface area contributed by atoms with Gasteiger partial charge in [-0.3, -0.25) is 4.68 Å². The first-order valence-electron chi connectivity index (χ1n) is 6.66. The van der Waals surface area contributed by atoms with Gasteiger partial charge < -0.3 is 5.32 Å². The van der Waals surface area contributed by atoms with Crippen molar-refractivity contribution < 1.29 is 8.78 Å². The summed E-state index contributed by atoms with van der Waals surface area (Å²) in [5.74, 6) is -1.11. The van der Waals surface area contributed by atoms with Crippen LogP contribution in [0.5, 0.6) is 0 Å². The van der Waals surface area contributed by atoms with Crippen LogP contribution in [0.1, 0.15) is 28.6 Å². The van der Waals surface area contributed by atoms with Gasteiger partial charge in [0.05, 0.1) is 10.2 Å². The fraction of sp³-hybridized carbons (Fsp3) is 0.400. The van der Waals surface area contributed by atoms with E-state index in [1.54, 1.807) is 11.7 Å². The first kappa shape index (κ1) is 16.1. The van der Waals surface area contributed by atoms with E-state index >= 15 is 0 Å². The third-order valence-electron chi connectivity index (χ3n) is 3.84. The molecular formula is C15H18BrF2N3. The molecule has 0 bridgehead atoms. The minimum Gasteiger partial charge on any atom is -0.313 e. The number of halogens is 3. The van der Waals surface area contributed by atoms with E-state index in [9.17, 15) is 8.78 Å². The fourth-order valence-corrected chi connectivity index (χ4v) is 2.87. The first-order valence-corrected chi connectivity index (χ1v) is 7.45. The van der Waals surface area contributed by atoms with Crippen LogP contribution in [-0.4, -0.2) is 16.8 Å². The summed E-state index contributed by atoms with van der Waals surface area (Å²) in [4.78, 5) is 0. The molecule has 0 aliphatic carbocycles. The van der Waals surface area contributed by atoms with Gasteiger partial charge in [0.15, 0.2) is 0 Å². The number of aromatic nitrogens is 2. The lowest BCUT2D eigenvalue weighted by Crippen LogP contribution is -2.22. The average molecular weight is 358 g/mol. The van der Waals surface area contributed by atoms with Crippen LogP contribution in [-0.2, 0) is 13.5 Å². The molecule has 0 fully saturated rings. The summed E-state index contributed by atoms with van der Waals surface area (Å²) in [5.41, 5.74) is 2.94. The van der Waals surface area contributed by atoms with E-state index in [0.29, 0.717) is 6.42 Å². The van der Waals surface area contributed by atoms with Crippen LogP contribution in [0.3, 0.4) is 0 Å². The number of likely N-dealkylation sites (N-methyl/N-ethyl adjacent to an activating group) is 1. The van der Waals surface area contributed by atoms with Crippen molar-refractivity contribution in [1.29, 1.82) is 0 Å². The summed E-state index contributed by atoms with van der Waals surface area (Å²) in [6.07, 6.45) is 0.478. The van der Waals surface area contributed by atoms with E-state index in [0.717, 1.165) is 17.0 Å². The zero-order chi connectivity index (χ0) is 15.7. The molecule has 1 aromatic heterocycles. The molecule has 2 rings (SSSR count). The van der Waals surface area contributed by atoms with Crippen LogP contribution < -0.4 is 5.32 Å². The minimum atomic E-state index is -0.562. The van der Waals surface area contributed by atoms with Crippen LogP contribution in [0.25, 0.3) is 0 Å². The number of hydrogen-bond acceptors (Lipinski definition) is 2. The Morgan fingerprint density at radius 3 is 2.52 bits per heavy atom. The van der Waals surface area contributed by atoms with Crippen molar-refractivity contribution in [1.82, 2.24) is 15.1 Å². The highest BCUT2D eigenvalue weighted by molar-refractivity contribution is 9.10.